The lowest BCUT2D eigenvalue weighted by Crippen LogP contribution is -2.36. The van der Waals surface area contributed by atoms with E-state index in [-0.39, 0.29) is 24.1 Å². The molecule has 2 rings (SSSR count). The molecule has 1 saturated carbocycles. The normalized spacial score (nSPS) is 15.1. The van der Waals surface area contributed by atoms with Crippen molar-refractivity contribution in [2.45, 2.75) is 38.6 Å². The maximum absolute atomic E-state index is 11.8. The molecule has 0 unspecified atom stereocenters. The highest BCUT2D eigenvalue weighted by Crippen LogP contribution is 2.20. The standard InChI is InChI=1S/C15H19NO4/c1-10-6-7-11(15(18)19)8-13(10)20-9-14(17)16-12-4-2-3-5-12/h6-8,12H,2-5,9H2,1H3,(H,16,17)(H,18,19). The minimum atomic E-state index is -1.01. The minimum absolute atomic E-state index is 0.0829. The number of nitrogens with one attached hydrogen (secondary N) is 1. The number of hydrogen-bond acceptors (Lipinski definition) is 3. The van der Waals surface area contributed by atoms with Crippen molar-refractivity contribution in [3.8, 4) is 5.75 Å². The Balaban J connectivity index is 1.90. The summed E-state index contributed by atoms with van der Waals surface area (Å²) in [5.74, 6) is -0.728. The smallest absolute Gasteiger partial charge is 0.335 e. The number of carboxylic acid groups (broad SMARTS) is 1. The third-order valence-corrected chi connectivity index (χ3v) is 3.51. The SMILES string of the molecule is Cc1ccc(C(=O)O)cc1OCC(=O)NC1CCCC1. The number of rotatable bonds is 5. The Bertz CT molecular complexity index is 507. The van der Waals surface area contributed by atoms with Crippen molar-refractivity contribution in [1.29, 1.82) is 0 Å². The van der Waals surface area contributed by atoms with E-state index in [1.807, 2.05) is 6.92 Å². The summed E-state index contributed by atoms with van der Waals surface area (Å²) in [5, 5.41) is 11.9. The van der Waals surface area contributed by atoms with Crippen LogP contribution in [0.2, 0.25) is 0 Å². The zero-order valence-electron chi connectivity index (χ0n) is 11.5. The summed E-state index contributed by atoms with van der Waals surface area (Å²) in [7, 11) is 0. The molecule has 0 aliphatic heterocycles. The van der Waals surface area contributed by atoms with Gasteiger partial charge in [-0.25, -0.2) is 4.79 Å². The van der Waals surface area contributed by atoms with Gasteiger partial charge < -0.3 is 15.2 Å². The molecule has 1 aliphatic rings. The zero-order valence-corrected chi connectivity index (χ0v) is 11.5. The molecule has 1 aromatic rings. The Morgan fingerprint density at radius 2 is 2.05 bits per heavy atom. The van der Waals surface area contributed by atoms with Gasteiger partial charge >= 0.3 is 5.97 Å². The number of aryl methyl sites for hydroxylation is 1. The van der Waals surface area contributed by atoms with Crippen LogP contribution >= 0.6 is 0 Å². The molecule has 0 aromatic heterocycles. The number of carbonyl (C=O) groups excluding carboxylic acids is 1. The van der Waals surface area contributed by atoms with Crippen LogP contribution in [0.4, 0.5) is 0 Å². The largest absolute Gasteiger partial charge is 0.483 e. The van der Waals surface area contributed by atoms with Gasteiger partial charge in [-0.2, -0.15) is 0 Å². The molecular weight excluding hydrogens is 258 g/mol. The second kappa shape index (κ2) is 6.41. The average Bonchev–Trinajstić information content (AvgIpc) is 2.90. The molecule has 0 heterocycles. The number of hydrogen-bond donors (Lipinski definition) is 2. The van der Waals surface area contributed by atoms with Crippen LogP contribution in [-0.4, -0.2) is 29.6 Å². The molecular formula is C15H19NO4. The zero-order chi connectivity index (χ0) is 14.5. The van der Waals surface area contributed by atoms with E-state index in [1.165, 1.54) is 12.1 Å². The molecule has 1 aromatic carbocycles. The summed E-state index contributed by atoms with van der Waals surface area (Å²) in [4.78, 5) is 22.6. The summed E-state index contributed by atoms with van der Waals surface area (Å²) < 4.78 is 5.42. The van der Waals surface area contributed by atoms with Gasteiger partial charge in [0, 0.05) is 6.04 Å². The van der Waals surface area contributed by atoms with Crippen molar-refractivity contribution < 1.29 is 19.4 Å². The van der Waals surface area contributed by atoms with Gasteiger partial charge in [0.2, 0.25) is 0 Å². The van der Waals surface area contributed by atoms with Gasteiger partial charge in [0.25, 0.3) is 5.91 Å². The quantitative estimate of drug-likeness (QED) is 0.864. The van der Waals surface area contributed by atoms with Crippen molar-refractivity contribution in [1.82, 2.24) is 5.32 Å². The second-order valence-corrected chi connectivity index (χ2v) is 5.12. The molecule has 0 bridgehead atoms. The minimum Gasteiger partial charge on any atom is -0.483 e. The Hall–Kier alpha value is -2.04. The molecule has 108 valence electrons. The first-order chi connectivity index (χ1) is 9.56. The number of carboxylic acids is 1. The Morgan fingerprint density at radius 3 is 2.70 bits per heavy atom. The summed E-state index contributed by atoms with van der Waals surface area (Å²) in [6.45, 7) is 1.73. The molecule has 0 radical (unpaired) electrons. The maximum atomic E-state index is 11.8. The fourth-order valence-corrected chi connectivity index (χ4v) is 2.37. The van der Waals surface area contributed by atoms with Crippen molar-refractivity contribution in [3.63, 3.8) is 0 Å². The van der Waals surface area contributed by atoms with Crippen molar-refractivity contribution >= 4 is 11.9 Å². The molecule has 0 spiro atoms. The molecule has 5 heteroatoms. The molecule has 0 atom stereocenters. The van der Waals surface area contributed by atoms with Crippen molar-refractivity contribution in [2.75, 3.05) is 6.61 Å². The first-order valence-electron chi connectivity index (χ1n) is 6.82. The van der Waals surface area contributed by atoms with E-state index in [4.69, 9.17) is 9.84 Å². The first kappa shape index (κ1) is 14.4. The summed E-state index contributed by atoms with van der Waals surface area (Å²) in [6, 6.07) is 4.90. The van der Waals surface area contributed by atoms with Crippen LogP contribution in [0.3, 0.4) is 0 Å². The lowest BCUT2D eigenvalue weighted by molar-refractivity contribution is -0.123. The van der Waals surface area contributed by atoms with Crippen LogP contribution in [0.1, 0.15) is 41.6 Å². The van der Waals surface area contributed by atoms with E-state index in [0.717, 1.165) is 31.2 Å². The fraction of sp³-hybridized carbons (Fsp3) is 0.467. The Morgan fingerprint density at radius 1 is 1.35 bits per heavy atom. The molecule has 1 amide bonds. The topological polar surface area (TPSA) is 75.6 Å². The van der Waals surface area contributed by atoms with Gasteiger partial charge in [-0.3, -0.25) is 4.79 Å². The maximum Gasteiger partial charge on any atom is 0.335 e. The van der Waals surface area contributed by atoms with E-state index < -0.39 is 5.97 Å². The Kier molecular flexibility index (Phi) is 4.61. The second-order valence-electron chi connectivity index (χ2n) is 5.12. The number of aromatic carboxylic acids is 1. The van der Waals surface area contributed by atoms with Crippen molar-refractivity contribution in [3.05, 3.63) is 29.3 Å². The fourth-order valence-electron chi connectivity index (χ4n) is 2.37. The number of benzene rings is 1. The third-order valence-electron chi connectivity index (χ3n) is 3.51. The molecule has 0 saturated heterocycles. The highest BCUT2D eigenvalue weighted by atomic mass is 16.5. The third kappa shape index (κ3) is 3.73. The van der Waals surface area contributed by atoms with E-state index in [1.54, 1.807) is 6.07 Å². The van der Waals surface area contributed by atoms with Crippen molar-refractivity contribution in [2.24, 2.45) is 0 Å². The van der Waals surface area contributed by atoms with Gasteiger partial charge in [0.15, 0.2) is 6.61 Å². The van der Waals surface area contributed by atoms with E-state index in [0.29, 0.717) is 5.75 Å². The summed E-state index contributed by atoms with van der Waals surface area (Å²) in [5.41, 5.74) is 0.963. The average molecular weight is 277 g/mol. The Labute approximate surface area is 117 Å². The van der Waals surface area contributed by atoms with Gasteiger partial charge in [0.05, 0.1) is 5.56 Å². The van der Waals surface area contributed by atoms with Gasteiger partial charge in [0.1, 0.15) is 5.75 Å². The number of ether oxygens (including phenoxy) is 1. The predicted octanol–water partition coefficient (Wildman–Crippen LogP) is 2.13. The summed E-state index contributed by atoms with van der Waals surface area (Å²) >= 11 is 0. The summed E-state index contributed by atoms with van der Waals surface area (Å²) in [6.07, 6.45) is 4.37. The van der Waals surface area contributed by atoms with E-state index in [2.05, 4.69) is 5.32 Å². The molecule has 1 aliphatic carbocycles. The van der Waals surface area contributed by atoms with Crippen LogP contribution in [0.15, 0.2) is 18.2 Å². The van der Waals surface area contributed by atoms with Crippen LogP contribution in [0.5, 0.6) is 5.75 Å². The van der Waals surface area contributed by atoms with Gasteiger partial charge in [-0.1, -0.05) is 18.9 Å². The molecule has 1 fully saturated rings. The molecule has 5 nitrogen and oxygen atoms in total. The monoisotopic (exact) mass is 277 g/mol. The number of carbonyl (C=O) groups is 2. The lowest BCUT2D eigenvalue weighted by atomic mass is 10.1. The van der Waals surface area contributed by atoms with Crippen LogP contribution in [0.25, 0.3) is 0 Å². The van der Waals surface area contributed by atoms with Crippen LogP contribution in [0, 0.1) is 6.92 Å². The van der Waals surface area contributed by atoms with Crippen LogP contribution in [-0.2, 0) is 4.79 Å². The predicted molar refractivity (Wildman–Crippen MR) is 74.0 cm³/mol. The van der Waals surface area contributed by atoms with Gasteiger partial charge in [-0.05, 0) is 37.5 Å². The lowest BCUT2D eigenvalue weighted by Gasteiger charge is -2.13. The van der Waals surface area contributed by atoms with Gasteiger partial charge in [-0.15, -0.1) is 0 Å². The molecule has 20 heavy (non-hydrogen) atoms. The highest BCUT2D eigenvalue weighted by Gasteiger charge is 2.17. The first-order valence-corrected chi connectivity index (χ1v) is 6.82. The van der Waals surface area contributed by atoms with E-state index in [9.17, 15) is 9.59 Å². The van der Waals surface area contributed by atoms with E-state index >= 15 is 0 Å². The number of amides is 1. The molecule has 2 N–H and O–H groups in total. The highest BCUT2D eigenvalue weighted by molar-refractivity contribution is 5.88. The van der Waals surface area contributed by atoms with Crippen LogP contribution < -0.4 is 10.1 Å².